The quantitative estimate of drug-likeness (QED) is 0.354. The van der Waals surface area contributed by atoms with Crippen LogP contribution in [0.4, 0.5) is 0 Å². The van der Waals surface area contributed by atoms with Crippen LogP contribution < -0.4 is 11.5 Å². The monoisotopic (exact) mass is 148 g/mol. The van der Waals surface area contributed by atoms with Crippen molar-refractivity contribution in [2.24, 2.45) is 11.5 Å². The molecule has 0 radical (unpaired) electrons. The van der Waals surface area contributed by atoms with Gasteiger partial charge < -0.3 is 16.6 Å². The van der Waals surface area contributed by atoms with E-state index in [1.807, 2.05) is 6.92 Å². The van der Waals surface area contributed by atoms with Crippen LogP contribution in [0.2, 0.25) is 0 Å². The second-order valence-corrected chi connectivity index (χ2v) is 1.63. The van der Waals surface area contributed by atoms with Gasteiger partial charge in [-0.15, -0.1) is 0 Å². The minimum atomic E-state index is 0.000000000000000222. The number of hydrogen-bond donors (Lipinski definition) is 3. The second kappa shape index (κ2) is 10.4. The highest BCUT2D eigenvalue weighted by Gasteiger charge is 1.53. The SMILES string of the molecule is CC=CCO.NC(N)=S. The van der Waals surface area contributed by atoms with E-state index in [-0.39, 0.29) is 11.7 Å². The summed E-state index contributed by atoms with van der Waals surface area (Å²) in [5, 5.41) is 7.98. The van der Waals surface area contributed by atoms with Crippen molar-refractivity contribution >= 4 is 17.3 Å². The van der Waals surface area contributed by atoms with Gasteiger partial charge in [-0.2, -0.15) is 0 Å². The molecular weight excluding hydrogens is 136 g/mol. The molecule has 0 amide bonds. The first-order valence-corrected chi connectivity index (χ1v) is 2.82. The Morgan fingerprint density at radius 1 is 1.67 bits per heavy atom. The van der Waals surface area contributed by atoms with E-state index < -0.39 is 0 Å². The number of thiocarbonyl (C=S) groups is 1. The molecule has 4 heteroatoms. The molecule has 0 saturated heterocycles. The van der Waals surface area contributed by atoms with Gasteiger partial charge in [0.05, 0.1) is 6.61 Å². The lowest BCUT2D eigenvalue weighted by Crippen LogP contribution is -2.18. The molecule has 0 aliphatic rings. The van der Waals surface area contributed by atoms with Crippen LogP contribution in [-0.2, 0) is 0 Å². The Labute approximate surface area is 60.3 Å². The first kappa shape index (κ1) is 11.2. The molecule has 0 saturated carbocycles. The van der Waals surface area contributed by atoms with Gasteiger partial charge in [-0.05, 0) is 19.1 Å². The zero-order valence-electron chi connectivity index (χ0n) is 5.37. The predicted molar refractivity (Wildman–Crippen MR) is 42.9 cm³/mol. The van der Waals surface area contributed by atoms with Gasteiger partial charge in [-0.3, -0.25) is 0 Å². The highest BCUT2D eigenvalue weighted by molar-refractivity contribution is 7.80. The van der Waals surface area contributed by atoms with Crippen molar-refractivity contribution in [1.29, 1.82) is 0 Å². The van der Waals surface area contributed by atoms with Crippen LogP contribution in [0.1, 0.15) is 6.92 Å². The Kier molecular flexibility index (Phi) is 13.0. The summed E-state index contributed by atoms with van der Waals surface area (Å²) in [5.41, 5.74) is 9.24. The van der Waals surface area contributed by atoms with Crippen LogP contribution in [0.15, 0.2) is 12.2 Å². The molecule has 0 unspecified atom stereocenters. The highest BCUT2D eigenvalue weighted by atomic mass is 32.1. The van der Waals surface area contributed by atoms with Crippen molar-refractivity contribution in [2.45, 2.75) is 6.92 Å². The van der Waals surface area contributed by atoms with E-state index in [1.54, 1.807) is 12.2 Å². The number of nitrogens with two attached hydrogens (primary N) is 2. The molecule has 0 aromatic heterocycles. The van der Waals surface area contributed by atoms with Gasteiger partial charge in [-0.1, -0.05) is 12.2 Å². The third kappa shape index (κ3) is 111. The number of hydrogen-bond acceptors (Lipinski definition) is 2. The largest absolute Gasteiger partial charge is 0.392 e. The zero-order chi connectivity index (χ0) is 7.70. The topological polar surface area (TPSA) is 72.3 Å². The van der Waals surface area contributed by atoms with E-state index in [1.165, 1.54) is 0 Å². The Balaban J connectivity index is 0. The molecule has 0 aliphatic carbocycles. The standard InChI is InChI=1S/C4H8O.CH4N2S/c1-2-3-4-5;2-1(3)4/h2-3,5H,4H2,1H3;(H4,2,3,4). The number of aliphatic hydroxyl groups excluding tert-OH is 1. The second-order valence-electron chi connectivity index (χ2n) is 1.15. The summed E-state index contributed by atoms with van der Waals surface area (Å²) in [5.74, 6) is 0. The summed E-state index contributed by atoms with van der Waals surface area (Å²) in [7, 11) is 0. The Morgan fingerprint density at radius 3 is 2.00 bits per heavy atom. The fourth-order valence-electron chi connectivity index (χ4n) is 0.105. The highest BCUT2D eigenvalue weighted by Crippen LogP contribution is 1.60. The summed E-state index contributed by atoms with van der Waals surface area (Å²) in [6.07, 6.45) is 3.49. The van der Waals surface area contributed by atoms with Gasteiger partial charge in [0.15, 0.2) is 5.11 Å². The minimum absolute atomic E-state index is 0.000000000000000222. The molecule has 0 aromatic carbocycles. The normalized spacial score (nSPS) is 8.22. The van der Waals surface area contributed by atoms with Gasteiger partial charge in [-0.25, -0.2) is 0 Å². The molecule has 0 aliphatic heterocycles. The fourth-order valence-corrected chi connectivity index (χ4v) is 0.105. The number of allylic oxidation sites excluding steroid dienone is 1. The summed E-state index contributed by atoms with van der Waals surface area (Å²) in [6, 6.07) is 0. The average Bonchev–Trinajstić information content (AvgIpc) is 1.66. The Morgan fingerprint density at radius 2 is 2.00 bits per heavy atom. The van der Waals surface area contributed by atoms with Crippen LogP contribution in [0.3, 0.4) is 0 Å². The van der Waals surface area contributed by atoms with Crippen LogP contribution >= 0.6 is 12.2 Å². The van der Waals surface area contributed by atoms with Crippen molar-refractivity contribution in [2.75, 3.05) is 6.61 Å². The third-order valence-electron chi connectivity index (χ3n) is 0.341. The molecule has 54 valence electrons. The minimum Gasteiger partial charge on any atom is -0.392 e. The van der Waals surface area contributed by atoms with Crippen molar-refractivity contribution in [3.8, 4) is 0 Å². The molecule has 0 heterocycles. The summed E-state index contributed by atoms with van der Waals surface area (Å²) >= 11 is 4.09. The molecule has 0 bridgehead atoms. The van der Waals surface area contributed by atoms with Crippen molar-refractivity contribution < 1.29 is 5.11 Å². The smallest absolute Gasteiger partial charge is 0.160 e. The predicted octanol–water partition coefficient (Wildman–Crippen LogP) is -0.257. The van der Waals surface area contributed by atoms with Crippen LogP contribution in [0.5, 0.6) is 0 Å². The maximum Gasteiger partial charge on any atom is 0.160 e. The van der Waals surface area contributed by atoms with Crippen molar-refractivity contribution in [3.63, 3.8) is 0 Å². The lowest BCUT2D eigenvalue weighted by atomic mass is 10.6. The lowest BCUT2D eigenvalue weighted by molar-refractivity contribution is 0.342. The van der Waals surface area contributed by atoms with E-state index in [4.69, 9.17) is 5.11 Å². The van der Waals surface area contributed by atoms with E-state index in [0.29, 0.717) is 0 Å². The molecule has 0 aromatic rings. The molecular formula is C5H12N2OS. The average molecular weight is 148 g/mol. The van der Waals surface area contributed by atoms with E-state index in [9.17, 15) is 0 Å². The molecule has 3 nitrogen and oxygen atoms in total. The van der Waals surface area contributed by atoms with E-state index in [2.05, 4.69) is 23.7 Å². The van der Waals surface area contributed by atoms with Gasteiger partial charge >= 0.3 is 0 Å². The van der Waals surface area contributed by atoms with Crippen LogP contribution in [0, 0.1) is 0 Å². The molecule has 0 rings (SSSR count). The maximum atomic E-state index is 7.98. The lowest BCUT2D eigenvalue weighted by Gasteiger charge is -1.68. The summed E-state index contributed by atoms with van der Waals surface area (Å²) in [6.45, 7) is 2.03. The summed E-state index contributed by atoms with van der Waals surface area (Å²) < 4.78 is 0. The first-order valence-electron chi connectivity index (χ1n) is 2.42. The maximum absolute atomic E-state index is 7.98. The Hall–Kier alpha value is -0.610. The number of rotatable bonds is 1. The van der Waals surface area contributed by atoms with Crippen molar-refractivity contribution in [1.82, 2.24) is 0 Å². The van der Waals surface area contributed by atoms with Gasteiger partial charge in [0.25, 0.3) is 0 Å². The molecule has 0 spiro atoms. The van der Waals surface area contributed by atoms with Gasteiger partial charge in [0.1, 0.15) is 0 Å². The van der Waals surface area contributed by atoms with Gasteiger partial charge in [0.2, 0.25) is 0 Å². The third-order valence-corrected chi connectivity index (χ3v) is 0.341. The Bertz CT molecular complexity index is 89.0. The van der Waals surface area contributed by atoms with Crippen molar-refractivity contribution in [3.05, 3.63) is 12.2 Å². The molecule has 9 heavy (non-hydrogen) atoms. The van der Waals surface area contributed by atoms with E-state index in [0.717, 1.165) is 0 Å². The van der Waals surface area contributed by atoms with Crippen LogP contribution in [0.25, 0.3) is 0 Å². The first-order chi connectivity index (χ1) is 4.15. The van der Waals surface area contributed by atoms with Gasteiger partial charge in [0, 0.05) is 0 Å². The van der Waals surface area contributed by atoms with Crippen LogP contribution in [-0.4, -0.2) is 16.8 Å². The molecule has 5 N–H and O–H groups in total. The molecule has 0 fully saturated rings. The number of aliphatic hydroxyl groups is 1. The zero-order valence-corrected chi connectivity index (χ0v) is 6.19. The molecule has 0 atom stereocenters. The van der Waals surface area contributed by atoms with E-state index >= 15 is 0 Å². The summed E-state index contributed by atoms with van der Waals surface area (Å²) in [4.78, 5) is 0. The fraction of sp³-hybridized carbons (Fsp3) is 0.400.